The third kappa shape index (κ3) is 2.83. The summed E-state index contributed by atoms with van der Waals surface area (Å²) >= 11 is 0. The van der Waals surface area contributed by atoms with E-state index in [0.29, 0.717) is 12.8 Å². The molecule has 0 aromatic heterocycles. The average molecular weight is 263 g/mol. The minimum Gasteiger partial charge on any atom is -0.497 e. The molecule has 0 amide bonds. The Morgan fingerprint density at radius 3 is 2.32 bits per heavy atom. The van der Waals surface area contributed by atoms with Crippen LogP contribution in [0.2, 0.25) is 0 Å². The summed E-state index contributed by atoms with van der Waals surface area (Å²) < 4.78 is 5.10. The molecule has 1 atom stereocenters. The van der Waals surface area contributed by atoms with E-state index < -0.39 is 11.5 Å². The van der Waals surface area contributed by atoms with Crippen LogP contribution in [-0.4, -0.2) is 23.7 Å². The molecule has 1 saturated carbocycles. The van der Waals surface area contributed by atoms with E-state index in [9.17, 15) is 9.90 Å². The van der Waals surface area contributed by atoms with Crippen molar-refractivity contribution in [2.75, 3.05) is 12.4 Å². The van der Waals surface area contributed by atoms with E-state index >= 15 is 0 Å². The molecule has 1 aromatic rings. The Morgan fingerprint density at radius 1 is 1.26 bits per heavy atom. The Bertz CT molecular complexity index is 467. The minimum atomic E-state index is -0.849. The van der Waals surface area contributed by atoms with E-state index in [-0.39, 0.29) is 5.41 Å². The fraction of sp³-hybridized carbons (Fsp3) is 0.533. The maximum absolute atomic E-state index is 11.7. The first-order valence-corrected chi connectivity index (χ1v) is 6.53. The molecule has 0 bridgehead atoms. The van der Waals surface area contributed by atoms with Crippen molar-refractivity contribution in [1.82, 2.24) is 0 Å². The van der Waals surface area contributed by atoms with Crippen LogP contribution in [0.25, 0.3) is 0 Å². The fourth-order valence-electron chi connectivity index (χ4n) is 2.84. The second-order valence-corrected chi connectivity index (χ2v) is 6.08. The number of aliphatic carboxylic acids is 1. The largest absolute Gasteiger partial charge is 0.497 e. The number of anilines is 1. The number of ether oxygens (including phenoxy) is 1. The Morgan fingerprint density at radius 2 is 1.89 bits per heavy atom. The molecule has 104 valence electrons. The van der Waals surface area contributed by atoms with Gasteiger partial charge in [0.25, 0.3) is 0 Å². The molecule has 0 radical (unpaired) electrons. The predicted octanol–water partition coefficient (Wildman–Crippen LogP) is 3.14. The summed E-state index contributed by atoms with van der Waals surface area (Å²) in [6.45, 7) is 4.24. The van der Waals surface area contributed by atoms with Gasteiger partial charge in [-0.3, -0.25) is 0 Å². The second kappa shape index (κ2) is 4.76. The van der Waals surface area contributed by atoms with Crippen molar-refractivity contribution in [3.63, 3.8) is 0 Å². The number of rotatable bonds is 4. The summed E-state index contributed by atoms with van der Waals surface area (Å²) in [5, 5.41) is 12.8. The smallest absolute Gasteiger partial charge is 0.329 e. The van der Waals surface area contributed by atoms with E-state index in [1.165, 1.54) is 0 Å². The van der Waals surface area contributed by atoms with Crippen molar-refractivity contribution in [3.8, 4) is 5.75 Å². The predicted molar refractivity (Wildman–Crippen MR) is 74.6 cm³/mol. The van der Waals surface area contributed by atoms with Crippen molar-refractivity contribution in [2.24, 2.45) is 5.41 Å². The molecule has 0 saturated heterocycles. The summed E-state index contributed by atoms with van der Waals surface area (Å²) in [5.74, 6) is -0.00410. The van der Waals surface area contributed by atoms with Crippen molar-refractivity contribution in [1.29, 1.82) is 0 Å². The van der Waals surface area contributed by atoms with Gasteiger partial charge in [0, 0.05) is 5.69 Å². The Balaban J connectivity index is 2.20. The van der Waals surface area contributed by atoms with Crippen LogP contribution in [0.15, 0.2) is 24.3 Å². The zero-order valence-corrected chi connectivity index (χ0v) is 11.7. The van der Waals surface area contributed by atoms with E-state index in [2.05, 4.69) is 19.2 Å². The SMILES string of the molecule is COc1ccc(NC2(C(=O)O)CCC(C)(C)C2)cc1. The summed E-state index contributed by atoms with van der Waals surface area (Å²) in [5.41, 5.74) is 0.0385. The molecular formula is C15H21NO3. The van der Waals surface area contributed by atoms with Crippen LogP contribution >= 0.6 is 0 Å². The van der Waals surface area contributed by atoms with Gasteiger partial charge in [-0.05, 0) is 48.9 Å². The summed E-state index contributed by atoms with van der Waals surface area (Å²) in [7, 11) is 1.61. The summed E-state index contributed by atoms with van der Waals surface area (Å²) in [6.07, 6.45) is 2.21. The standard InChI is InChI=1S/C15H21NO3/c1-14(2)8-9-15(10-14,13(17)18)16-11-4-6-12(19-3)7-5-11/h4-7,16H,8-10H2,1-3H3,(H,17,18). The lowest BCUT2D eigenvalue weighted by Crippen LogP contribution is -2.44. The third-order valence-corrected chi connectivity index (χ3v) is 3.89. The minimum absolute atomic E-state index is 0.0673. The molecule has 1 aliphatic carbocycles. The average Bonchev–Trinajstić information content (AvgIpc) is 2.67. The van der Waals surface area contributed by atoms with Gasteiger partial charge in [0.15, 0.2) is 0 Å². The van der Waals surface area contributed by atoms with Crippen LogP contribution in [0, 0.1) is 5.41 Å². The zero-order valence-electron chi connectivity index (χ0n) is 11.7. The highest BCUT2D eigenvalue weighted by Crippen LogP contribution is 2.45. The normalized spacial score (nSPS) is 25.0. The number of hydrogen-bond donors (Lipinski definition) is 2. The van der Waals surface area contributed by atoms with E-state index in [1.807, 2.05) is 24.3 Å². The molecular weight excluding hydrogens is 242 g/mol. The Labute approximate surface area is 113 Å². The van der Waals surface area contributed by atoms with Crippen molar-refractivity contribution in [3.05, 3.63) is 24.3 Å². The molecule has 4 heteroatoms. The molecule has 1 fully saturated rings. The van der Waals surface area contributed by atoms with Crippen molar-refractivity contribution in [2.45, 2.75) is 38.6 Å². The summed E-state index contributed by atoms with van der Waals surface area (Å²) in [6, 6.07) is 7.37. The highest BCUT2D eigenvalue weighted by Gasteiger charge is 2.48. The maximum Gasteiger partial charge on any atom is 0.329 e. The van der Waals surface area contributed by atoms with Gasteiger partial charge in [-0.25, -0.2) is 4.79 Å². The molecule has 1 unspecified atom stereocenters. The molecule has 1 aromatic carbocycles. The molecule has 4 nitrogen and oxygen atoms in total. The van der Waals surface area contributed by atoms with Gasteiger partial charge in [-0.15, -0.1) is 0 Å². The number of carboxylic acid groups (broad SMARTS) is 1. The van der Waals surface area contributed by atoms with Crippen LogP contribution < -0.4 is 10.1 Å². The van der Waals surface area contributed by atoms with Gasteiger partial charge < -0.3 is 15.2 Å². The van der Waals surface area contributed by atoms with Crippen molar-refractivity contribution >= 4 is 11.7 Å². The first-order valence-electron chi connectivity index (χ1n) is 6.53. The van der Waals surface area contributed by atoms with Crippen LogP contribution in [0.3, 0.4) is 0 Å². The number of methoxy groups -OCH3 is 1. The van der Waals surface area contributed by atoms with Gasteiger partial charge in [0.1, 0.15) is 11.3 Å². The van der Waals surface area contributed by atoms with Gasteiger partial charge in [0.05, 0.1) is 7.11 Å². The maximum atomic E-state index is 11.7. The van der Waals surface area contributed by atoms with E-state index in [0.717, 1.165) is 17.9 Å². The quantitative estimate of drug-likeness (QED) is 0.876. The highest BCUT2D eigenvalue weighted by molar-refractivity contribution is 5.83. The molecule has 2 rings (SSSR count). The number of hydrogen-bond acceptors (Lipinski definition) is 3. The molecule has 0 aliphatic heterocycles. The molecule has 1 aliphatic rings. The van der Waals surface area contributed by atoms with Gasteiger partial charge >= 0.3 is 5.97 Å². The summed E-state index contributed by atoms with van der Waals surface area (Å²) in [4.78, 5) is 11.7. The number of nitrogens with one attached hydrogen (secondary N) is 1. The number of carbonyl (C=O) groups is 1. The lowest BCUT2D eigenvalue weighted by Gasteiger charge is -2.29. The van der Waals surface area contributed by atoms with Crippen LogP contribution in [0.5, 0.6) is 5.75 Å². The number of carboxylic acids is 1. The topological polar surface area (TPSA) is 58.6 Å². The fourth-order valence-corrected chi connectivity index (χ4v) is 2.84. The van der Waals surface area contributed by atoms with Gasteiger partial charge in [-0.1, -0.05) is 13.8 Å². The number of benzene rings is 1. The van der Waals surface area contributed by atoms with E-state index in [4.69, 9.17) is 4.74 Å². The van der Waals surface area contributed by atoms with Crippen LogP contribution in [0.4, 0.5) is 5.69 Å². The molecule has 19 heavy (non-hydrogen) atoms. The van der Waals surface area contributed by atoms with Gasteiger partial charge in [-0.2, -0.15) is 0 Å². The molecule has 0 heterocycles. The lowest BCUT2D eigenvalue weighted by atomic mass is 9.87. The lowest BCUT2D eigenvalue weighted by molar-refractivity contribution is -0.142. The molecule has 2 N–H and O–H groups in total. The monoisotopic (exact) mass is 263 g/mol. The highest BCUT2D eigenvalue weighted by atomic mass is 16.5. The van der Waals surface area contributed by atoms with E-state index in [1.54, 1.807) is 7.11 Å². The Hall–Kier alpha value is -1.71. The zero-order chi connectivity index (χ0) is 14.1. The van der Waals surface area contributed by atoms with Crippen molar-refractivity contribution < 1.29 is 14.6 Å². The van der Waals surface area contributed by atoms with Crippen LogP contribution in [-0.2, 0) is 4.79 Å². The van der Waals surface area contributed by atoms with Crippen LogP contribution in [0.1, 0.15) is 33.1 Å². The third-order valence-electron chi connectivity index (χ3n) is 3.89. The first-order chi connectivity index (χ1) is 8.87. The Kier molecular flexibility index (Phi) is 3.43. The van der Waals surface area contributed by atoms with Gasteiger partial charge in [0.2, 0.25) is 0 Å². The molecule has 0 spiro atoms. The second-order valence-electron chi connectivity index (χ2n) is 6.08. The first kappa shape index (κ1) is 13.7.